The topological polar surface area (TPSA) is 51.2 Å². The van der Waals surface area contributed by atoms with Gasteiger partial charge in [-0.15, -0.1) is 23.1 Å². The average molecular weight is 427 g/mol. The second-order valence-corrected chi connectivity index (χ2v) is 8.77. The molecule has 152 valence electrons. The van der Waals surface area contributed by atoms with Gasteiger partial charge in [0.05, 0.1) is 17.6 Å². The van der Waals surface area contributed by atoms with E-state index in [2.05, 4.69) is 22.8 Å². The van der Waals surface area contributed by atoms with Crippen molar-refractivity contribution in [2.24, 2.45) is 0 Å². The Morgan fingerprint density at radius 3 is 2.66 bits per heavy atom. The maximum Gasteiger partial charge on any atom is 0.232 e. The normalized spacial score (nSPS) is 11.8. The van der Waals surface area contributed by atoms with Gasteiger partial charge in [0.1, 0.15) is 10.8 Å². The SMILES string of the molecule is CCOc1ccc(-c2nc(CS[C@@H](C)C(=O)NCCc3ccccc3)cs2)cc1. The number of rotatable bonds is 10. The quantitative estimate of drug-likeness (QED) is 0.485. The Balaban J connectivity index is 1.44. The van der Waals surface area contributed by atoms with Crippen LogP contribution in [-0.4, -0.2) is 29.3 Å². The van der Waals surface area contributed by atoms with Crippen molar-refractivity contribution in [3.8, 4) is 16.3 Å². The summed E-state index contributed by atoms with van der Waals surface area (Å²) in [6.07, 6.45) is 0.849. The Hall–Kier alpha value is -2.31. The van der Waals surface area contributed by atoms with Crippen LogP contribution in [0.2, 0.25) is 0 Å². The molecule has 6 heteroatoms. The van der Waals surface area contributed by atoms with Gasteiger partial charge >= 0.3 is 0 Å². The highest BCUT2D eigenvalue weighted by Gasteiger charge is 2.14. The summed E-state index contributed by atoms with van der Waals surface area (Å²) in [5, 5.41) is 5.97. The summed E-state index contributed by atoms with van der Waals surface area (Å²) in [6, 6.07) is 18.2. The van der Waals surface area contributed by atoms with Crippen LogP contribution in [0.25, 0.3) is 10.6 Å². The molecule has 1 aromatic heterocycles. The largest absolute Gasteiger partial charge is 0.494 e. The minimum absolute atomic E-state index is 0.0768. The van der Waals surface area contributed by atoms with E-state index >= 15 is 0 Å². The van der Waals surface area contributed by atoms with E-state index in [9.17, 15) is 4.79 Å². The van der Waals surface area contributed by atoms with Crippen LogP contribution < -0.4 is 10.1 Å². The van der Waals surface area contributed by atoms with E-state index < -0.39 is 0 Å². The first-order valence-corrected chi connectivity index (χ1v) is 11.7. The number of benzene rings is 2. The summed E-state index contributed by atoms with van der Waals surface area (Å²) in [6.45, 7) is 5.24. The number of hydrogen-bond donors (Lipinski definition) is 1. The third-order valence-electron chi connectivity index (χ3n) is 4.37. The molecule has 3 aromatic rings. The molecule has 4 nitrogen and oxygen atoms in total. The lowest BCUT2D eigenvalue weighted by Crippen LogP contribution is -2.32. The molecule has 0 bridgehead atoms. The second kappa shape index (κ2) is 11.0. The molecule has 1 atom stereocenters. The third kappa shape index (κ3) is 6.61. The Bertz CT molecular complexity index is 895. The summed E-state index contributed by atoms with van der Waals surface area (Å²) < 4.78 is 5.48. The van der Waals surface area contributed by atoms with Gasteiger partial charge in [0.25, 0.3) is 0 Å². The van der Waals surface area contributed by atoms with Crippen molar-refractivity contribution in [1.82, 2.24) is 10.3 Å². The van der Waals surface area contributed by atoms with Crippen LogP contribution in [0.5, 0.6) is 5.75 Å². The van der Waals surface area contributed by atoms with Crippen LogP contribution in [0.3, 0.4) is 0 Å². The van der Waals surface area contributed by atoms with Crippen LogP contribution in [0.15, 0.2) is 60.0 Å². The van der Waals surface area contributed by atoms with E-state index in [0.29, 0.717) is 13.2 Å². The lowest BCUT2D eigenvalue weighted by Gasteiger charge is -2.11. The molecule has 0 radical (unpaired) electrons. The van der Waals surface area contributed by atoms with Gasteiger partial charge in [-0.05, 0) is 50.1 Å². The molecule has 0 aliphatic rings. The first kappa shape index (κ1) is 21.4. The van der Waals surface area contributed by atoms with Crippen molar-refractivity contribution in [2.45, 2.75) is 31.3 Å². The van der Waals surface area contributed by atoms with Gasteiger partial charge in [0.15, 0.2) is 0 Å². The van der Waals surface area contributed by atoms with Crippen molar-refractivity contribution in [2.75, 3.05) is 13.2 Å². The molecule has 0 unspecified atom stereocenters. The molecular formula is C23H26N2O2S2. The van der Waals surface area contributed by atoms with Gasteiger partial charge < -0.3 is 10.1 Å². The standard InChI is InChI=1S/C23H26N2O2S2/c1-3-27-21-11-9-19(10-12-21)23-25-20(16-29-23)15-28-17(2)22(26)24-14-13-18-7-5-4-6-8-18/h4-12,16-17H,3,13-15H2,1-2H3,(H,24,26)/t17-/m0/s1. The van der Waals surface area contributed by atoms with Gasteiger partial charge in [-0.25, -0.2) is 4.98 Å². The number of ether oxygens (including phenoxy) is 1. The van der Waals surface area contributed by atoms with E-state index in [4.69, 9.17) is 9.72 Å². The predicted molar refractivity (Wildman–Crippen MR) is 123 cm³/mol. The number of thioether (sulfide) groups is 1. The van der Waals surface area contributed by atoms with Crippen LogP contribution in [-0.2, 0) is 17.0 Å². The molecular weight excluding hydrogens is 400 g/mol. The van der Waals surface area contributed by atoms with E-state index in [-0.39, 0.29) is 11.2 Å². The highest BCUT2D eigenvalue weighted by molar-refractivity contribution is 7.99. The second-order valence-electron chi connectivity index (χ2n) is 6.58. The van der Waals surface area contributed by atoms with Gasteiger partial charge in [-0.2, -0.15) is 0 Å². The van der Waals surface area contributed by atoms with Gasteiger partial charge in [0, 0.05) is 23.2 Å². The smallest absolute Gasteiger partial charge is 0.232 e. The zero-order chi connectivity index (χ0) is 20.5. The van der Waals surface area contributed by atoms with Crippen molar-refractivity contribution < 1.29 is 9.53 Å². The molecule has 0 spiro atoms. The Kier molecular flexibility index (Phi) is 8.14. The zero-order valence-electron chi connectivity index (χ0n) is 16.8. The molecule has 3 rings (SSSR count). The van der Waals surface area contributed by atoms with Gasteiger partial charge in [0.2, 0.25) is 5.91 Å². The highest BCUT2D eigenvalue weighted by atomic mass is 32.2. The summed E-state index contributed by atoms with van der Waals surface area (Å²) >= 11 is 3.24. The number of carbonyl (C=O) groups is 1. The van der Waals surface area contributed by atoms with Crippen LogP contribution in [0.1, 0.15) is 25.1 Å². The Labute approximate surface area is 180 Å². The van der Waals surface area contributed by atoms with E-state index in [1.54, 1.807) is 23.1 Å². The predicted octanol–water partition coefficient (Wildman–Crippen LogP) is 5.19. The summed E-state index contributed by atoms with van der Waals surface area (Å²) in [7, 11) is 0. The molecule has 1 N–H and O–H groups in total. The first-order chi connectivity index (χ1) is 14.2. The number of nitrogens with one attached hydrogen (secondary N) is 1. The Morgan fingerprint density at radius 1 is 1.17 bits per heavy atom. The maximum atomic E-state index is 12.3. The summed E-state index contributed by atoms with van der Waals surface area (Å²) in [5.41, 5.74) is 3.33. The van der Waals surface area contributed by atoms with Crippen LogP contribution >= 0.6 is 23.1 Å². The molecule has 0 aliphatic carbocycles. The molecule has 0 aliphatic heterocycles. The molecule has 1 amide bonds. The van der Waals surface area contributed by atoms with Crippen molar-refractivity contribution in [3.05, 3.63) is 71.2 Å². The third-order valence-corrected chi connectivity index (χ3v) is 6.49. The van der Waals surface area contributed by atoms with Crippen LogP contribution in [0.4, 0.5) is 0 Å². The minimum Gasteiger partial charge on any atom is -0.494 e. The average Bonchev–Trinajstić information content (AvgIpc) is 3.22. The highest BCUT2D eigenvalue weighted by Crippen LogP contribution is 2.28. The molecule has 29 heavy (non-hydrogen) atoms. The summed E-state index contributed by atoms with van der Waals surface area (Å²) in [4.78, 5) is 17.0. The lowest BCUT2D eigenvalue weighted by atomic mass is 10.1. The van der Waals surface area contributed by atoms with Crippen molar-refractivity contribution in [3.63, 3.8) is 0 Å². The van der Waals surface area contributed by atoms with Crippen molar-refractivity contribution in [1.29, 1.82) is 0 Å². The Morgan fingerprint density at radius 2 is 1.93 bits per heavy atom. The number of hydrogen-bond acceptors (Lipinski definition) is 5. The van der Waals surface area contributed by atoms with E-state index in [0.717, 1.165) is 34.2 Å². The lowest BCUT2D eigenvalue weighted by molar-refractivity contribution is -0.120. The van der Waals surface area contributed by atoms with Gasteiger partial charge in [-0.3, -0.25) is 4.79 Å². The summed E-state index contributed by atoms with van der Waals surface area (Å²) in [5.74, 6) is 1.67. The molecule has 0 fully saturated rings. The number of nitrogens with zero attached hydrogens (tertiary/aromatic N) is 1. The minimum atomic E-state index is -0.110. The zero-order valence-corrected chi connectivity index (χ0v) is 18.4. The fourth-order valence-corrected chi connectivity index (χ4v) is 4.51. The number of thiazole rings is 1. The maximum absolute atomic E-state index is 12.3. The molecule has 0 saturated carbocycles. The first-order valence-electron chi connectivity index (χ1n) is 9.76. The molecule has 1 heterocycles. The fourth-order valence-electron chi connectivity index (χ4n) is 2.77. The van der Waals surface area contributed by atoms with E-state index in [1.807, 2.05) is 56.3 Å². The number of carbonyl (C=O) groups excluding carboxylic acids is 1. The number of amides is 1. The fraction of sp³-hybridized carbons (Fsp3) is 0.304. The monoisotopic (exact) mass is 426 g/mol. The van der Waals surface area contributed by atoms with Crippen molar-refractivity contribution >= 4 is 29.0 Å². The van der Waals surface area contributed by atoms with E-state index in [1.165, 1.54) is 5.56 Å². The molecule has 0 saturated heterocycles. The van der Waals surface area contributed by atoms with Gasteiger partial charge in [-0.1, -0.05) is 30.3 Å². The van der Waals surface area contributed by atoms with Crippen LogP contribution in [0, 0.1) is 0 Å². The number of aromatic nitrogens is 1. The molecule has 2 aromatic carbocycles.